The molecule has 2 heterocycles. The van der Waals surface area contributed by atoms with Crippen molar-refractivity contribution in [3.05, 3.63) is 76.7 Å². The summed E-state index contributed by atoms with van der Waals surface area (Å²) in [4.78, 5) is 14.9. The zero-order valence-corrected chi connectivity index (χ0v) is 21.4. The maximum atomic E-state index is 14.0. The van der Waals surface area contributed by atoms with Gasteiger partial charge in [-0.1, -0.05) is 37.3 Å². The quantitative estimate of drug-likeness (QED) is 0.545. The van der Waals surface area contributed by atoms with E-state index >= 15 is 0 Å². The number of halogens is 3. The number of aryl methyl sites for hydroxylation is 1. The highest BCUT2D eigenvalue weighted by Gasteiger charge is 2.43. The van der Waals surface area contributed by atoms with Crippen LogP contribution in [0.2, 0.25) is 0 Å². The van der Waals surface area contributed by atoms with Gasteiger partial charge in [-0.15, -0.1) is 0 Å². The molecule has 2 N–H and O–H groups in total. The van der Waals surface area contributed by atoms with Crippen LogP contribution in [0.4, 0.5) is 18.9 Å². The first kappa shape index (κ1) is 26.2. The molecule has 0 radical (unpaired) electrons. The molecule has 0 aliphatic carbocycles. The van der Waals surface area contributed by atoms with Crippen LogP contribution < -0.4 is 10.0 Å². The van der Waals surface area contributed by atoms with Crippen LogP contribution in [0.25, 0.3) is 0 Å². The molecule has 0 bridgehead atoms. The molecular weight excluding hydrogens is 489 g/mol. The van der Waals surface area contributed by atoms with Crippen molar-refractivity contribution in [3.63, 3.8) is 0 Å². The second-order valence-electron chi connectivity index (χ2n) is 9.47. The summed E-state index contributed by atoms with van der Waals surface area (Å²) in [6, 6.07) is 11.6. The summed E-state index contributed by atoms with van der Waals surface area (Å²) in [7, 11) is 0.341. The van der Waals surface area contributed by atoms with Gasteiger partial charge in [0.2, 0.25) is 0 Å². The van der Waals surface area contributed by atoms with Gasteiger partial charge in [0.25, 0.3) is 5.91 Å². The zero-order valence-electron chi connectivity index (χ0n) is 20.6. The molecule has 0 saturated carbocycles. The van der Waals surface area contributed by atoms with Crippen molar-refractivity contribution in [1.29, 1.82) is 0 Å². The lowest BCUT2D eigenvalue weighted by Gasteiger charge is -2.26. The number of benzene rings is 2. The van der Waals surface area contributed by atoms with Gasteiger partial charge in [0.1, 0.15) is 15.6 Å². The van der Waals surface area contributed by atoms with Crippen molar-refractivity contribution in [2.45, 2.75) is 43.9 Å². The molecule has 1 saturated heterocycles. The van der Waals surface area contributed by atoms with E-state index in [2.05, 4.69) is 33.5 Å². The SMILES string of the molecule is CN=S1(=O)N[C@@H](C(C)CCc2ccccc2)CCC2=C(C(=O)Nc3cc(F)c(F)c(F)c3)N(C)CC21. The monoisotopic (exact) mass is 520 g/mol. The van der Waals surface area contributed by atoms with E-state index in [4.69, 9.17) is 0 Å². The summed E-state index contributed by atoms with van der Waals surface area (Å²) in [5.41, 5.74) is 2.06. The molecule has 3 unspecified atom stereocenters. The van der Waals surface area contributed by atoms with Crippen LogP contribution in [0.1, 0.15) is 31.7 Å². The van der Waals surface area contributed by atoms with Crippen molar-refractivity contribution in [1.82, 2.24) is 9.62 Å². The van der Waals surface area contributed by atoms with E-state index in [9.17, 15) is 22.2 Å². The third-order valence-electron chi connectivity index (χ3n) is 7.09. The van der Waals surface area contributed by atoms with E-state index in [1.165, 1.54) is 12.6 Å². The Morgan fingerprint density at radius 1 is 1.22 bits per heavy atom. The lowest BCUT2D eigenvalue weighted by molar-refractivity contribution is -0.114. The Labute approximate surface area is 210 Å². The fourth-order valence-corrected chi connectivity index (χ4v) is 7.40. The summed E-state index contributed by atoms with van der Waals surface area (Å²) in [6.07, 6.45) is 3.00. The number of anilines is 1. The van der Waals surface area contributed by atoms with Crippen molar-refractivity contribution in [3.8, 4) is 0 Å². The predicted molar refractivity (Wildman–Crippen MR) is 135 cm³/mol. The number of carbonyl (C=O) groups excluding carboxylic acids is 1. The smallest absolute Gasteiger partial charge is 0.271 e. The maximum Gasteiger partial charge on any atom is 0.271 e. The van der Waals surface area contributed by atoms with Gasteiger partial charge in [-0.05, 0) is 42.7 Å². The molecule has 0 spiro atoms. The van der Waals surface area contributed by atoms with Crippen molar-refractivity contribution >= 4 is 21.5 Å². The molecule has 1 fully saturated rings. The molecule has 4 rings (SSSR count). The van der Waals surface area contributed by atoms with Crippen molar-refractivity contribution in [2.24, 2.45) is 10.3 Å². The minimum atomic E-state index is -2.88. The summed E-state index contributed by atoms with van der Waals surface area (Å²) in [6.45, 7) is 2.45. The van der Waals surface area contributed by atoms with Gasteiger partial charge in [0, 0.05) is 44.5 Å². The molecule has 2 aliphatic rings. The van der Waals surface area contributed by atoms with Crippen LogP contribution in [0.15, 0.2) is 58.1 Å². The highest BCUT2D eigenvalue weighted by atomic mass is 32.2. The molecule has 1 amide bonds. The highest BCUT2D eigenvalue weighted by molar-refractivity contribution is 7.92. The normalized spacial score (nSPS) is 24.8. The third-order valence-corrected chi connectivity index (χ3v) is 9.48. The predicted octanol–water partition coefficient (Wildman–Crippen LogP) is 4.64. The third kappa shape index (κ3) is 5.29. The average molecular weight is 521 g/mol. The number of hydrogen-bond acceptors (Lipinski definition) is 4. The van der Waals surface area contributed by atoms with Crippen LogP contribution in [-0.4, -0.2) is 46.9 Å². The molecule has 194 valence electrons. The molecular formula is C26H31F3N4O2S. The van der Waals surface area contributed by atoms with Crippen LogP contribution >= 0.6 is 0 Å². The Hall–Kier alpha value is -2.85. The Balaban J connectivity index is 1.57. The van der Waals surface area contributed by atoms with Gasteiger partial charge < -0.3 is 10.2 Å². The number of amides is 1. The molecule has 10 heteroatoms. The van der Waals surface area contributed by atoms with Crippen LogP contribution in [-0.2, 0) is 21.1 Å². The largest absolute Gasteiger partial charge is 0.369 e. The first-order valence-electron chi connectivity index (χ1n) is 12.0. The number of carbonyl (C=O) groups is 1. The zero-order chi connectivity index (χ0) is 26.0. The first-order valence-corrected chi connectivity index (χ1v) is 13.6. The molecule has 2 aromatic rings. The van der Waals surface area contributed by atoms with Gasteiger partial charge >= 0.3 is 0 Å². The fraction of sp³-hybridized carbons (Fsp3) is 0.423. The standard InChI is InChI=1S/C26H31F3N4O2S/c1-16(9-10-17-7-5-4-6-8-17)22-12-11-19-23(36(35,30-2)32-22)15-33(3)25(19)26(34)31-18-13-20(27)24(29)21(28)14-18/h4-8,13-14,16,22-23H,9-12,15H2,1-3H3,(H,31,34)(H,30,32,35)/t16?,22-,23?,36?/m1/s1. The Bertz CT molecular complexity index is 1270. The van der Waals surface area contributed by atoms with Crippen LogP contribution in [0.5, 0.6) is 0 Å². The van der Waals surface area contributed by atoms with E-state index in [1.54, 1.807) is 11.9 Å². The molecule has 0 aromatic heterocycles. The Morgan fingerprint density at radius 2 is 1.89 bits per heavy atom. The van der Waals surface area contributed by atoms with Crippen molar-refractivity contribution < 1.29 is 22.2 Å². The molecule has 6 nitrogen and oxygen atoms in total. The minimum Gasteiger partial charge on any atom is -0.369 e. The van der Waals surface area contributed by atoms with Gasteiger partial charge in [-0.25, -0.2) is 26.5 Å². The Kier molecular flexibility index (Phi) is 7.75. The lowest BCUT2D eigenvalue weighted by atomic mass is 9.90. The molecule has 36 heavy (non-hydrogen) atoms. The minimum absolute atomic E-state index is 0.0575. The number of likely N-dealkylation sites (N-methyl/N-ethyl adjacent to an activating group) is 1. The van der Waals surface area contributed by atoms with Gasteiger partial charge in [-0.3, -0.25) is 4.79 Å². The number of fused-ring (bicyclic) bond motifs is 1. The van der Waals surface area contributed by atoms with E-state index in [1.807, 2.05) is 18.2 Å². The maximum absolute atomic E-state index is 14.0. The second kappa shape index (κ2) is 10.6. The van der Waals surface area contributed by atoms with Gasteiger partial charge in [0.15, 0.2) is 17.5 Å². The van der Waals surface area contributed by atoms with E-state index < -0.39 is 38.5 Å². The summed E-state index contributed by atoms with van der Waals surface area (Å²) in [5, 5.41) is 1.97. The Morgan fingerprint density at radius 3 is 2.53 bits per heavy atom. The summed E-state index contributed by atoms with van der Waals surface area (Å²) in [5.74, 6) is -4.75. The van der Waals surface area contributed by atoms with E-state index in [0.29, 0.717) is 30.7 Å². The highest BCUT2D eigenvalue weighted by Crippen LogP contribution is 2.36. The van der Waals surface area contributed by atoms with Crippen LogP contribution in [0, 0.1) is 23.4 Å². The first-order chi connectivity index (χ1) is 17.1. The fourth-order valence-electron chi connectivity index (χ4n) is 5.05. The number of hydrogen-bond donors (Lipinski definition) is 2. The molecule has 4 atom stereocenters. The second-order valence-corrected chi connectivity index (χ2v) is 11.8. The van der Waals surface area contributed by atoms with E-state index in [0.717, 1.165) is 25.0 Å². The van der Waals surface area contributed by atoms with E-state index in [-0.39, 0.29) is 17.6 Å². The molecule has 2 aromatic carbocycles. The van der Waals surface area contributed by atoms with Gasteiger partial charge in [-0.2, -0.15) is 0 Å². The summed E-state index contributed by atoms with van der Waals surface area (Å²) < 4.78 is 62.2. The topological polar surface area (TPSA) is 73.8 Å². The lowest BCUT2D eigenvalue weighted by Crippen LogP contribution is -2.43. The molecule has 2 aliphatic heterocycles. The van der Waals surface area contributed by atoms with Crippen molar-refractivity contribution in [2.75, 3.05) is 26.0 Å². The average Bonchev–Trinajstić information content (AvgIpc) is 3.13. The number of nitrogens with zero attached hydrogens (tertiary/aromatic N) is 2. The number of nitrogens with one attached hydrogen (secondary N) is 2. The summed E-state index contributed by atoms with van der Waals surface area (Å²) >= 11 is 0. The number of rotatable bonds is 6. The van der Waals surface area contributed by atoms with Crippen LogP contribution in [0.3, 0.4) is 0 Å². The van der Waals surface area contributed by atoms with Gasteiger partial charge in [0.05, 0.1) is 5.25 Å².